The number of carbonyl (C=O) groups is 1. The fraction of sp³-hybridized carbons (Fsp3) is 0.923. The van der Waals surface area contributed by atoms with Crippen LogP contribution in [0.5, 0.6) is 0 Å². The molecule has 0 aromatic rings. The zero-order valence-electron chi connectivity index (χ0n) is 11.2. The summed E-state index contributed by atoms with van der Waals surface area (Å²) < 4.78 is 0. The molecular formula is C13H26N2O. The summed E-state index contributed by atoms with van der Waals surface area (Å²) in [6, 6.07) is 0.571. The number of hydrogen-bond acceptors (Lipinski definition) is 2. The van der Waals surface area contributed by atoms with Gasteiger partial charge in [0.2, 0.25) is 5.91 Å². The third kappa shape index (κ3) is 3.48. The van der Waals surface area contributed by atoms with E-state index in [9.17, 15) is 4.79 Å². The van der Waals surface area contributed by atoms with E-state index < -0.39 is 0 Å². The summed E-state index contributed by atoms with van der Waals surface area (Å²) in [6.07, 6.45) is 6.06. The van der Waals surface area contributed by atoms with Gasteiger partial charge in [-0.2, -0.15) is 0 Å². The molecule has 1 amide bonds. The largest absolute Gasteiger partial charge is 0.340 e. The van der Waals surface area contributed by atoms with Gasteiger partial charge < -0.3 is 10.2 Å². The van der Waals surface area contributed by atoms with E-state index >= 15 is 0 Å². The van der Waals surface area contributed by atoms with E-state index in [-0.39, 0.29) is 11.4 Å². The van der Waals surface area contributed by atoms with Gasteiger partial charge in [-0.15, -0.1) is 0 Å². The first-order valence-electron chi connectivity index (χ1n) is 6.47. The summed E-state index contributed by atoms with van der Waals surface area (Å²) in [6.45, 7) is 6.83. The molecule has 94 valence electrons. The first-order chi connectivity index (χ1) is 7.47. The van der Waals surface area contributed by atoms with Crippen LogP contribution < -0.4 is 5.32 Å². The third-order valence-corrected chi connectivity index (χ3v) is 4.04. The number of amides is 1. The van der Waals surface area contributed by atoms with Crippen LogP contribution in [0.25, 0.3) is 0 Å². The maximum absolute atomic E-state index is 12.0. The minimum atomic E-state index is -0.0333. The first kappa shape index (κ1) is 13.5. The van der Waals surface area contributed by atoms with Crippen LogP contribution in [0, 0.1) is 0 Å². The predicted molar refractivity (Wildman–Crippen MR) is 67.4 cm³/mol. The Morgan fingerprint density at radius 1 is 1.38 bits per heavy atom. The van der Waals surface area contributed by atoms with Crippen molar-refractivity contribution in [3.63, 3.8) is 0 Å². The van der Waals surface area contributed by atoms with Crippen molar-refractivity contribution >= 4 is 5.91 Å². The van der Waals surface area contributed by atoms with Gasteiger partial charge in [-0.25, -0.2) is 0 Å². The topological polar surface area (TPSA) is 32.3 Å². The minimum absolute atomic E-state index is 0.0333. The number of rotatable bonds is 5. The number of nitrogens with one attached hydrogen (secondary N) is 1. The fourth-order valence-electron chi connectivity index (χ4n) is 2.05. The Morgan fingerprint density at radius 3 is 2.44 bits per heavy atom. The summed E-state index contributed by atoms with van der Waals surface area (Å²) in [5.41, 5.74) is -0.0333. The Kier molecular flexibility index (Phi) is 4.78. The van der Waals surface area contributed by atoms with Crippen molar-refractivity contribution < 1.29 is 4.79 Å². The van der Waals surface area contributed by atoms with Crippen molar-refractivity contribution in [2.75, 3.05) is 13.6 Å². The molecule has 0 spiro atoms. The lowest BCUT2D eigenvalue weighted by Gasteiger charge is -2.35. The maximum Gasteiger partial charge on any atom is 0.236 e. The molecule has 0 radical (unpaired) electrons. The Balaban J connectivity index is 2.33. The van der Waals surface area contributed by atoms with Crippen LogP contribution >= 0.6 is 0 Å². The highest BCUT2D eigenvalue weighted by molar-refractivity contribution is 5.78. The van der Waals surface area contributed by atoms with Crippen molar-refractivity contribution in [3.05, 3.63) is 0 Å². The molecular weight excluding hydrogens is 200 g/mol. The van der Waals surface area contributed by atoms with Crippen molar-refractivity contribution in [3.8, 4) is 0 Å². The molecule has 1 aliphatic carbocycles. The molecule has 0 saturated heterocycles. The Labute approximate surface area is 99.6 Å². The van der Waals surface area contributed by atoms with E-state index in [2.05, 4.69) is 26.1 Å². The lowest BCUT2D eigenvalue weighted by Crippen LogP contribution is -2.48. The predicted octanol–water partition coefficient (Wildman–Crippen LogP) is 2.17. The molecule has 16 heavy (non-hydrogen) atoms. The van der Waals surface area contributed by atoms with Crippen LogP contribution in [0.15, 0.2) is 0 Å². The van der Waals surface area contributed by atoms with E-state index in [1.54, 1.807) is 0 Å². The summed E-state index contributed by atoms with van der Waals surface area (Å²) in [7, 11) is 1.90. The van der Waals surface area contributed by atoms with Gasteiger partial charge in [0, 0.05) is 18.6 Å². The van der Waals surface area contributed by atoms with Crippen LogP contribution in [0.3, 0.4) is 0 Å². The molecule has 1 rings (SSSR count). The van der Waals surface area contributed by atoms with Crippen molar-refractivity contribution in [2.45, 2.75) is 64.5 Å². The van der Waals surface area contributed by atoms with Gasteiger partial charge in [-0.3, -0.25) is 4.79 Å². The zero-order chi connectivity index (χ0) is 12.2. The SMILES string of the molecule is CCC(C)(C)N(C)C(=O)CNC1CCCC1. The molecule has 1 N–H and O–H groups in total. The van der Waals surface area contributed by atoms with Gasteiger partial charge in [0.1, 0.15) is 0 Å². The second kappa shape index (κ2) is 5.67. The Bertz CT molecular complexity index is 232. The third-order valence-electron chi connectivity index (χ3n) is 4.04. The van der Waals surface area contributed by atoms with E-state index in [1.165, 1.54) is 25.7 Å². The van der Waals surface area contributed by atoms with E-state index in [0.29, 0.717) is 12.6 Å². The fourth-order valence-corrected chi connectivity index (χ4v) is 2.05. The molecule has 0 aromatic heterocycles. The molecule has 0 heterocycles. The van der Waals surface area contributed by atoms with Crippen molar-refractivity contribution in [2.24, 2.45) is 0 Å². The lowest BCUT2D eigenvalue weighted by atomic mass is 10.00. The van der Waals surface area contributed by atoms with Gasteiger partial charge in [-0.1, -0.05) is 19.8 Å². The second-order valence-corrected chi connectivity index (χ2v) is 5.48. The van der Waals surface area contributed by atoms with Crippen LogP contribution in [0.1, 0.15) is 52.9 Å². The molecule has 0 aliphatic heterocycles. The van der Waals surface area contributed by atoms with Crippen LogP contribution in [-0.2, 0) is 4.79 Å². The molecule has 0 unspecified atom stereocenters. The van der Waals surface area contributed by atoms with Gasteiger partial charge in [0.05, 0.1) is 6.54 Å². The monoisotopic (exact) mass is 226 g/mol. The molecule has 0 atom stereocenters. The van der Waals surface area contributed by atoms with Gasteiger partial charge in [-0.05, 0) is 33.1 Å². The van der Waals surface area contributed by atoms with Crippen molar-refractivity contribution in [1.29, 1.82) is 0 Å². The quantitative estimate of drug-likeness (QED) is 0.779. The average molecular weight is 226 g/mol. The molecule has 1 fully saturated rings. The van der Waals surface area contributed by atoms with Gasteiger partial charge in [0.15, 0.2) is 0 Å². The lowest BCUT2D eigenvalue weighted by molar-refractivity contribution is -0.133. The molecule has 3 heteroatoms. The number of nitrogens with zero attached hydrogens (tertiary/aromatic N) is 1. The Hall–Kier alpha value is -0.570. The second-order valence-electron chi connectivity index (χ2n) is 5.48. The maximum atomic E-state index is 12.0. The van der Waals surface area contributed by atoms with E-state index in [1.807, 2.05) is 11.9 Å². The summed E-state index contributed by atoms with van der Waals surface area (Å²) in [5.74, 6) is 0.207. The van der Waals surface area contributed by atoms with Crippen LogP contribution in [0.2, 0.25) is 0 Å². The number of carbonyl (C=O) groups excluding carboxylic acids is 1. The highest BCUT2D eigenvalue weighted by Gasteiger charge is 2.26. The summed E-state index contributed by atoms with van der Waals surface area (Å²) in [5, 5.41) is 3.37. The zero-order valence-corrected chi connectivity index (χ0v) is 11.2. The number of hydrogen-bond donors (Lipinski definition) is 1. The molecule has 1 saturated carbocycles. The van der Waals surface area contributed by atoms with Crippen LogP contribution in [0.4, 0.5) is 0 Å². The van der Waals surface area contributed by atoms with E-state index in [4.69, 9.17) is 0 Å². The molecule has 3 nitrogen and oxygen atoms in total. The van der Waals surface area contributed by atoms with Crippen molar-refractivity contribution in [1.82, 2.24) is 10.2 Å². The highest BCUT2D eigenvalue weighted by atomic mass is 16.2. The van der Waals surface area contributed by atoms with Gasteiger partial charge in [0.25, 0.3) is 0 Å². The number of likely N-dealkylation sites (N-methyl/N-ethyl adjacent to an activating group) is 1. The highest BCUT2D eigenvalue weighted by Crippen LogP contribution is 2.18. The smallest absolute Gasteiger partial charge is 0.236 e. The standard InChI is InChI=1S/C13H26N2O/c1-5-13(2,3)15(4)12(16)10-14-11-8-6-7-9-11/h11,14H,5-10H2,1-4H3. The summed E-state index contributed by atoms with van der Waals surface area (Å²) >= 11 is 0. The molecule has 1 aliphatic rings. The average Bonchev–Trinajstić information content (AvgIpc) is 2.77. The van der Waals surface area contributed by atoms with Crippen LogP contribution in [-0.4, -0.2) is 36.0 Å². The normalized spacial score (nSPS) is 17.8. The molecule has 0 bridgehead atoms. The summed E-state index contributed by atoms with van der Waals surface area (Å²) in [4.78, 5) is 13.8. The Morgan fingerprint density at radius 2 is 1.94 bits per heavy atom. The van der Waals surface area contributed by atoms with Gasteiger partial charge >= 0.3 is 0 Å². The molecule has 0 aromatic carbocycles. The first-order valence-corrected chi connectivity index (χ1v) is 6.47. The minimum Gasteiger partial charge on any atom is -0.340 e. The van der Waals surface area contributed by atoms with E-state index in [0.717, 1.165) is 6.42 Å².